The summed E-state index contributed by atoms with van der Waals surface area (Å²) in [7, 11) is 0. The molecule has 17 heavy (non-hydrogen) atoms. The normalized spacial score (nSPS) is 27.6. The van der Waals surface area contributed by atoms with E-state index in [1.165, 1.54) is 12.8 Å². The van der Waals surface area contributed by atoms with E-state index in [1.807, 2.05) is 4.90 Å². The third kappa shape index (κ3) is 2.99. The van der Waals surface area contributed by atoms with Crippen molar-refractivity contribution in [2.45, 2.75) is 57.7 Å². The van der Waals surface area contributed by atoms with Gasteiger partial charge in [0.15, 0.2) is 0 Å². The highest BCUT2D eigenvalue weighted by Crippen LogP contribution is 2.24. The minimum atomic E-state index is -0.0219. The van der Waals surface area contributed by atoms with Gasteiger partial charge in [0.2, 0.25) is 5.91 Å². The van der Waals surface area contributed by atoms with Crippen LogP contribution in [-0.4, -0.2) is 47.2 Å². The number of piperidine rings is 1. The van der Waals surface area contributed by atoms with E-state index in [0.29, 0.717) is 12.0 Å². The van der Waals surface area contributed by atoms with Gasteiger partial charge in [-0.15, -0.1) is 0 Å². The van der Waals surface area contributed by atoms with Gasteiger partial charge >= 0.3 is 0 Å². The summed E-state index contributed by atoms with van der Waals surface area (Å²) < 4.78 is 0. The number of hydrogen-bond acceptors (Lipinski definition) is 3. The van der Waals surface area contributed by atoms with Crippen LogP contribution in [0.15, 0.2) is 0 Å². The minimum Gasteiger partial charge on any atom is -0.394 e. The van der Waals surface area contributed by atoms with Gasteiger partial charge in [-0.3, -0.25) is 4.79 Å². The van der Waals surface area contributed by atoms with Gasteiger partial charge in [-0.25, -0.2) is 0 Å². The molecule has 0 radical (unpaired) electrons. The minimum absolute atomic E-state index is 0.0101. The predicted octanol–water partition coefficient (Wildman–Crippen LogP) is 0.746. The number of nitrogens with zero attached hydrogens (tertiary/aromatic N) is 1. The number of hydrogen-bond donors (Lipinski definition) is 2. The maximum atomic E-state index is 12.3. The number of carbonyl (C=O) groups is 1. The molecular formula is C13H24N2O2. The van der Waals surface area contributed by atoms with E-state index in [9.17, 15) is 9.90 Å². The van der Waals surface area contributed by atoms with E-state index in [4.69, 9.17) is 0 Å². The van der Waals surface area contributed by atoms with Gasteiger partial charge in [0, 0.05) is 12.6 Å². The molecule has 2 rings (SSSR count). The highest BCUT2D eigenvalue weighted by molar-refractivity contribution is 5.83. The second-order valence-electron chi connectivity index (χ2n) is 5.66. The first-order valence-electron chi connectivity index (χ1n) is 6.81. The molecule has 0 aromatic rings. The van der Waals surface area contributed by atoms with Gasteiger partial charge in [-0.2, -0.15) is 0 Å². The first-order chi connectivity index (χ1) is 8.13. The van der Waals surface area contributed by atoms with Crippen LogP contribution in [0.5, 0.6) is 0 Å². The zero-order valence-corrected chi connectivity index (χ0v) is 10.9. The maximum absolute atomic E-state index is 12.3. The fourth-order valence-corrected chi connectivity index (χ4v) is 2.59. The molecule has 2 fully saturated rings. The monoisotopic (exact) mass is 240 g/mol. The van der Waals surface area contributed by atoms with Gasteiger partial charge in [0.05, 0.1) is 18.7 Å². The van der Waals surface area contributed by atoms with Crippen molar-refractivity contribution in [3.8, 4) is 0 Å². The lowest BCUT2D eigenvalue weighted by molar-refractivity contribution is -0.140. The summed E-state index contributed by atoms with van der Waals surface area (Å²) in [4.78, 5) is 14.2. The van der Waals surface area contributed by atoms with Gasteiger partial charge in [0.1, 0.15) is 0 Å². The van der Waals surface area contributed by atoms with Crippen molar-refractivity contribution in [2.75, 3.05) is 13.2 Å². The molecule has 4 heteroatoms. The number of carbonyl (C=O) groups excluding carboxylic acids is 1. The molecule has 98 valence electrons. The first kappa shape index (κ1) is 12.8. The summed E-state index contributed by atoms with van der Waals surface area (Å²) in [5.74, 6) is 0.500. The molecule has 0 bridgehead atoms. The Hall–Kier alpha value is -0.610. The Kier molecular flexibility index (Phi) is 4.05. The summed E-state index contributed by atoms with van der Waals surface area (Å²) in [6, 6.07) is 0.533. The molecule has 1 amide bonds. The number of rotatable bonds is 5. The summed E-state index contributed by atoms with van der Waals surface area (Å²) in [6.45, 7) is 4.99. The Bertz CT molecular complexity index is 277. The van der Waals surface area contributed by atoms with Crippen molar-refractivity contribution in [3.63, 3.8) is 0 Å². The van der Waals surface area contributed by atoms with Crippen LogP contribution < -0.4 is 5.32 Å². The topological polar surface area (TPSA) is 52.6 Å². The highest BCUT2D eigenvalue weighted by atomic mass is 16.3. The molecule has 1 aliphatic heterocycles. The molecule has 2 unspecified atom stereocenters. The molecule has 2 atom stereocenters. The lowest BCUT2D eigenvalue weighted by atomic mass is 9.97. The summed E-state index contributed by atoms with van der Waals surface area (Å²) in [5.41, 5.74) is 0. The van der Waals surface area contributed by atoms with E-state index in [1.54, 1.807) is 0 Å². The molecule has 0 aromatic heterocycles. The second-order valence-corrected chi connectivity index (χ2v) is 5.66. The van der Waals surface area contributed by atoms with E-state index >= 15 is 0 Å². The van der Waals surface area contributed by atoms with Gasteiger partial charge in [-0.1, -0.05) is 13.8 Å². The zero-order chi connectivity index (χ0) is 12.4. The van der Waals surface area contributed by atoms with Crippen LogP contribution >= 0.6 is 0 Å². The Balaban J connectivity index is 1.98. The fraction of sp³-hybridized carbons (Fsp3) is 0.923. The lowest BCUT2D eigenvalue weighted by Gasteiger charge is -2.39. The number of aliphatic hydroxyl groups is 1. The van der Waals surface area contributed by atoms with Gasteiger partial charge < -0.3 is 15.3 Å². The van der Waals surface area contributed by atoms with Crippen molar-refractivity contribution < 1.29 is 9.90 Å². The zero-order valence-electron chi connectivity index (χ0n) is 10.9. The van der Waals surface area contributed by atoms with Crippen molar-refractivity contribution in [3.05, 3.63) is 0 Å². The number of amides is 1. The molecule has 2 aliphatic rings. The Morgan fingerprint density at radius 3 is 2.65 bits per heavy atom. The van der Waals surface area contributed by atoms with Crippen LogP contribution in [0.2, 0.25) is 0 Å². The Morgan fingerprint density at radius 2 is 2.12 bits per heavy atom. The summed E-state index contributed by atoms with van der Waals surface area (Å²) in [6.07, 6.45) is 4.40. The first-order valence-corrected chi connectivity index (χ1v) is 6.81. The van der Waals surface area contributed by atoms with Gasteiger partial charge in [0.25, 0.3) is 0 Å². The highest BCUT2D eigenvalue weighted by Gasteiger charge is 2.36. The van der Waals surface area contributed by atoms with Crippen molar-refractivity contribution >= 4 is 5.91 Å². The van der Waals surface area contributed by atoms with Crippen LogP contribution in [0.3, 0.4) is 0 Å². The van der Waals surface area contributed by atoms with E-state index in [0.717, 1.165) is 19.4 Å². The molecule has 0 aromatic carbocycles. The standard InChI is InChI=1S/C13H24N2O2/c1-9(2)12(8-16)15-7-3-4-11(13(15)17)14-10-5-6-10/h9-12,14,16H,3-8H2,1-2H3. The average Bonchev–Trinajstić information content (AvgIpc) is 3.08. The third-order valence-electron chi connectivity index (χ3n) is 3.84. The number of likely N-dealkylation sites (tertiary alicyclic amines) is 1. The van der Waals surface area contributed by atoms with Crippen LogP contribution in [0, 0.1) is 5.92 Å². The Morgan fingerprint density at radius 1 is 1.41 bits per heavy atom. The molecule has 2 N–H and O–H groups in total. The van der Waals surface area contributed by atoms with E-state index in [2.05, 4.69) is 19.2 Å². The van der Waals surface area contributed by atoms with E-state index < -0.39 is 0 Å². The van der Waals surface area contributed by atoms with Crippen LogP contribution in [0.4, 0.5) is 0 Å². The average molecular weight is 240 g/mol. The molecule has 1 heterocycles. The number of nitrogens with one attached hydrogen (secondary N) is 1. The van der Waals surface area contributed by atoms with E-state index in [-0.39, 0.29) is 24.6 Å². The van der Waals surface area contributed by atoms with Crippen LogP contribution in [0.25, 0.3) is 0 Å². The smallest absolute Gasteiger partial charge is 0.240 e. The maximum Gasteiger partial charge on any atom is 0.240 e. The fourth-order valence-electron chi connectivity index (χ4n) is 2.59. The van der Waals surface area contributed by atoms with Crippen LogP contribution in [0.1, 0.15) is 39.5 Å². The van der Waals surface area contributed by atoms with Crippen molar-refractivity contribution in [1.29, 1.82) is 0 Å². The van der Waals surface area contributed by atoms with Crippen molar-refractivity contribution in [1.82, 2.24) is 10.2 Å². The SMILES string of the molecule is CC(C)C(CO)N1CCCC(NC2CC2)C1=O. The predicted molar refractivity (Wildman–Crippen MR) is 66.6 cm³/mol. The summed E-state index contributed by atoms with van der Waals surface area (Å²) >= 11 is 0. The van der Waals surface area contributed by atoms with Crippen LogP contribution in [-0.2, 0) is 4.79 Å². The quantitative estimate of drug-likeness (QED) is 0.745. The third-order valence-corrected chi connectivity index (χ3v) is 3.84. The van der Waals surface area contributed by atoms with Crippen molar-refractivity contribution in [2.24, 2.45) is 5.92 Å². The molecule has 0 spiro atoms. The lowest BCUT2D eigenvalue weighted by Crippen LogP contribution is -2.56. The molecule has 1 saturated heterocycles. The molecular weight excluding hydrogens is 216 g/mol. The second kappa shape index (κ2) is 5.36. The molecule has 1 saturated carbocycles. The Labute approximate surface area is 103 Å². The van der Waals surface area contributed by atoms with Gasteiger partial charge in [-0.05, 0) is 31.6 Å². The summed E-state index contributed by atoms with van der Waals surface area (Å²) in [5, 5.41) is 12.9. The molecule has 1 aliphatic carbocycles. The number of aliphatic hydroxyl groups excluding tert-OH is 1. The molecule has 4 nitrogen and oxygen atoms in total. The largest absolute Gasteiger partial charge is 0.394 e.